The number of nitrogens with one attached hydrogen (secondary N) is 1. The third kappa shape index (κ3) is 3.19. The van der Waals surface area contributed by atoms with Crippen LogP contribution in [0.1, 0.15) is 35.2 Å². The number of aromatic amines is 1. The number of aryl methyl sites for hydroxylation is 1. The first kappa shape index (κ1) is 18.0. The van der Waals surface area contributed by atoms with E-state index < -0.39 is 0 Å². The maximum absolute atomic E-state index is 12.8. The average Bonchev–Trinajstić information content (AvgIpc) is 3.09. The minimum Gasteiger partial charge on any atom is -0.486 e. The minimum absolute atomic E-state index is 0.166. The Balaban J connectivity index is 1.58. The molecule has 0 amide bonds. The zero-order valence-electron chi connectivity index (χ0n) is 15.9. The average molecular weight is 405 g/mol. The molecule has 5 rings (SSSR count). The maximum Gasteiger partial charge on any atom is 0.260 e. The van der Waals surface area contributed by atoms with Crippen LogP contribution in [0.3, 0.4) is 0 Å². The van der Waals surface area contributed by atoms with Crippen molar-refractivity contribution in [2.45, 2.75) is 26.2 Å². The lowest BCUT2D eigenvalue weighted by molar-refractivity contribution is 0.171. The van der Waals surface area contributed by atoms with Crippen molar-refractivity contribution in [1.29, 1.82) is 5.26 Å². The monoisotopic (exact) mass is 405 g/mol. The molecule has 0 saturated heterocycles. The number of nitrogens with zero attached hydrogens (tertiary/aromatic N) is 2. The van der Waals surface area contributed by atoms with E-state index in [0.717, 1.165) is 30.4 Å². The van der Waals surface area contributed by atoms with E-state index in [1.807, 2.05) is 18.2 Å². The lowest BCUT2D eigenvalue weighted by Crippen LogP contribution is -2.15. The molecular formula is C22H19N3O3S. The van der Waals surface area contributed by atoms with Gasteiger partial charge in [-0.2, -0.15) is 5.26 Å². The predicted molar refractivity (Wildman–Crippen MR) is 112 cm³/mol. The number of aromatic nitrogens is 2. The molecule has 1 atom stereocenters. The van der Waals surface area contributed by atoms with Gasteiger partial charge in [0.25, 0.3) is 5.56 Å². The van der Waals surface area contributed by atoms with Gasteiger partial charge >= 0.3 is 0 Å². The Labute approximate surface area is 171 Å². The second-order valence-corrected chi connectivity index (χ2v) is 8.60. The largest absolute Gasteiger partial charge is 0.486 e. The van der Waals surface area contributed by atoms with Crippen LogP contribution in [0, 0.1) is 17.2 Å². The molecule has 0 unspecified atom stereocenters. The van der Waals surface area contributed by atoms with Crippen LogP contribution in [0.4, 0.5) is 0 Å². The highest BCUT2D eigenvalue weighted by Crippen LogP contribution is 2.36. The Morgan fingerprint density at radius 2 is 2.17 bits per heavy atom. The van der Waals surface area contributed by atoms with Crippen molar-refractivity contribution in [3.8, 4) is 17.6 Å². The highest BCUT2D eigenvalue weighted by atomic mass is 32.1. The lowest BCUT2D eigenvalue weighted by Gasteiger charge is -2.18. The summed E-state index contributed by atoms with van der Waals surface area (Å²) in [7, 11) is 0. The van der Waals surface area contributed by atoms with Crippen LogP contribution < -0.4 is 15.0 Å². The molecule has 0 spiro atoms. The van der Waals surface area contributed by atoms with Gasteiger partial charge in [-0.15, -0.1) is 11.3 Å². The van der Waals surface area contributed by atoms with E-state index in [9.17, 15) is 10.1 Å². The molecule has 1 aromatic carbocycles. The van der Waals surface area contributed by atoms with E-state index >= 15 is 0 Å². The van der Waals surface area contributed by atoms with Crippen molar-refractivity contribution in [2.24, 2.45) is 5.92 Å². The quantitative estimate of drug-likeness (QED) is 0.653. The number of H-pyrrole nitrogens is 1. The Morgan fingerprint density at radius 1 is 1.34 bits per heavy atom. The molecular weight excluding hydrogens is 386 g/mol. The third-order valence-corrected chi connectivity index (χ3v) is 6.57. The fourth-order valence-corrected chi connectivity index (χ4v) is 5.33. The fraction of sp³-hybridized carbons (Fsp3) is 0.318. The molecule has 2 aromatic heterocycles. The summed E-state index contributed by atoms with van der Waals surface area (Å²) < 4.78 is 11.1. The van der Waals surface area contributed by atoms with Gasteiger partial charge in [0.1, 0.15) is 24.1 Å². The molecule has 2 aliphatic rings. The summed E-state index contributed by atoms with van der Waals surface area (Å²) in [6.45, 7) is 3.26. The molecule has 3 aromatic rings. The van der Waals surface area contributed by atoms with Gasteiger partial charge in [-0.3, -0.25) is 4.79 Å². The van der Waals surface area contributed by atoms with E-state index in [-0.39, 0.29) is 5.56 Å². The van der Waals surface area contributed by atoms with Gasteiger partial charge in [0, 0.05) is 4.88 Å². The Bertz CT molecular complexity index is 1250. The van der Waals surface area contributed by atoms with E-state index in [4.69, 9.17) is 9.47 Å². The van der Waals surface area contributed by atoms with Crippen molar-refractivity contribution in [3.05, 3.63) is 50.4 Å². The van der Waals surface area contributed by atoms with Crippen molar-refractivity contribution < 1.29 is 9.47 Å². The van der Waals surface area contributed by atoms with Gasteiger partial charge in [0.05, 0.1) is 11.0 Å². The summed E-state index contributed by atoms with van der Waals surface area (Å²) in [6.07, 6.45) is 4.70. The number of benzene rings is 1. The fourth-order valence-electron chi connectivity index (χ4n) is 3.95. The van der Waals surface area contributed by atoms with Gasteiger partial charge in [0.15, 0.2) is 17.3 Å². The number of hydrogen-bond donors (Lipinski definition) is 1. The van der Waals surface area contributed by atoms with Gasteiger partial charge < -0.3 is 14.5 Å². The smallest absolute Gasteiger partial charge is 0.260 e. The van der Waals surface area contributed by atoms with Crippen LogP contribution in [0.25, 0.3) is 21.9 Å². The molecule has 1 aliphatic carbocycles. The van der Waals surface area contributed by atoms with Crippen LogP contribution in [0.15, 0.2) is 23.0 Å². The summed E-state index contributed by atoms with van der Waals surface area (Å²) in [4.78, 5) is 22.2. The molecule has 146 valence electrons. The topological polar surface area (TPSA) is 88.0 Å². The number of hydrogen-bond acceptors (Lipinski definition) is 6. The second-order valence-electron chi connectivity index (χ2n) is 7.52. The van der Waals surface area contributed by atoms with E-state index in [1.54, 1.807) is 17.4 Å². The minimum atomic E-state index is -0.166. The van der Waals surface area contributed by atoms with Gasteiger partial charge in [-0.05, 0) is 54.5 Å². The number of fused-ring (bicyclic) bond motifs is 4. The van der Waals surface area contributed by atoms with Gasteiger partial charge in [0.2, 0.25) is 0 Å². The molecule has 0 saturated carbocycles. The second kappa shape index (κ2) is 7.05. The molecule has 6 nitrogen and oxygen atoms in total. The number of rotatable bonds is 2. The summed E-state index contributed by atoms with van der Waals surface area (Å²) in [5, 5.41) is 10.4. The zero-order chi connectivity index (χ0) is 20.0. The highest BCUT2D eigenvalue weighted by molar-refractivity contribution is 7.18. The summed E-state index contributed by atoms with van der Waals surface area (Å²) in [5.41, 5.74) is 2.06. The number of allylic oxidation sites excluding steroid dienone is 1. The van der Waals surface area contributed by atoms with Crippen LogP contribution in [-0.4, -0.2) is 23.2 Å². The number of thiophene rings is 1. The molecule has 3 heterocycles. The van der Waals surface area contributed by atoms with Gasteiger partial charge in [-0.25, -0.2) is 4.98 Å². The molecule has 0 fully saturated rings. The lowest BCUT2D eigenvalue weighted by atomic mass is 9.89. The van der Waals surface area contributed by atoms with E-state index in [0.29, 0.717) is 52.2 Å². The standard InChI is InChI=1S/C22H19N3O3S/c1-12-2-4-15-18(8-12)29-22-19(15)21(26)24-20(25-22)14(11-23)9-13-3-5-16-17(10-13)28-7-6-27-16/h3,5,9-10,12H,2,4,6-8H2,1H3,(H,24,25,26)/b14-9+/t12-/m0/s1. The molecule has 29 heavy (non-hydrogen) atoms. The third-order valence-electron chi connectivity index (χ3n) is 5.42. The first-order valence-corrected chi connectivity index (χ1v) is 10.5. The Kier molecular flexibility index (Phi) is 4.36. The summed E-state index contributed by atoms with van der Waals surface area (Å²) in [6, 6.07) is 7.67. The van der Waals surface area contributed by atoms with Crippen LogP contribution in [0.5, 0.6) is 11.5 Å². The normalized spacial score (nSPS) is 18.3. The highest BCUT2D eigenvalue weighted by Gasteiger charge is 2.23. The summed E-state index contributed by atoms with van der Waals surface area (Å²) >= 11 is 1.58. The van der Waals surface area contributed by atoms with Gasteiger partial charge in [-0.1, -0.05) is 13.0 Å². The Hall–Kier alpha value is -3.11. The first-order chi connectivity index (χ1) is 14.1. The van der Waals surface area contributed by atoms with Crippen molar-refractivity contribution in [3.63, 3.8) is 0 Å². The molecule has 7 heteroatoms. The van der Waals surface area contributed by atoms with Crippen LogP contribution in [0.2, 0.25) is 0 Å². The van der Waals surface area contributed by atoms with Crippen molar-refractivity contribution >= 4 is 33.2 Å². The predicted octanol–water partition coefficient (Wildman–Crippen LogP) is 3.94. The van der Waals surface area contributed by atoms with Crippen LogP contribution in [-0.2, 0) is 12.8 Å². The molecule has 1 N–H and O–H groups in total. The summed E-state index contributed by atoms with van der Waals surface area (Å²) in [5.74, 6) is 2.27. The first-order valence-electron chi connectivity index (χ1n) is 9.69. The maximum atomic E-state index is 12.8. The zero-order valence-corrected chi connectivity index (χ0v) is 16.8. The number of nitriles is 1. The van der Waals surface area contributed by atoms with Crippen LogP contribution >= 0.6 is 11.3 Å². The molecule has 0 bridgehead atoms. The number of ether oxygens (including phenoxy) is 2. The van der Waals surface area contributed by atoms with E-state index in [1.165, 1.54) is 4.88 Å². The molecule has 1 aliphatic heterocycles. The van der Waals surface area contributed by atoms with Crippen molar-refractivity contribution in [2.75, 3.05) is 13.2 Å². The van der Waals surface area contributed by atoms with E-state index in [2.05, 4.69) is 23.0 Å². The van der Waals surface area contributed by atoms with Crippen molar-refractivity contribution in [1.82, 2.24) is 9.97 Å². The SMILES string of the molecule is C[C@H]1CCc2c(sc3nc(/C(C#N)=C/c4ccc5c(c4)OCCO5)[nH]c(=O)c23)C1. The Morgan fingerprint density at radius 3 is 3.00 bits per heavy atom. The molecule has 0 radical (unpaired) electrons.